The van der Waals surface area contributed by atoms with Gasteiger partial charge in [0.1, 0.15) is 4.90 Å². The molecule has 0 aromatic heterocycles. The van der Waals surface area contributed by atoms with Crippen molar-refractivity contribution in [3.63, 3.8) is 0 Å². The van der Waals surface area contributed by atoms with Crippen LogP contribution >= 0.6 is 23.2 Å². The molecule has 0 aliphatic heterocycles. The second-order valence-corrected chi connectivity index (χ2v) is 7.75. The quantitative estimate of drug-likeness (QED) is 0.838. The van der Waals surface area contributed by atoms with Gasteiger partial charge in [0.2, 0.25) is 10.0 Å². The molecule has 0 heterocycles. The van der Waals surface area contributed by atoms with Gasteiger partial charge in [0.25, 0.3) is 0 Å². The van der Waals surface area contributed by atoms with Crippen LogP contribution in [0.3, 0.4) is 0 Å². The minimum atomic E-state index is -3.69. The number of nitrogens with one attached hydrogen (secondary N) is 1. The van der Waals surface area contributed by atoms with Crippen LogP contribution in [0.15, 0.2) is 17.0 Å². The first-order chi connectivity index (χ1) is 9.35. The molecule has 7 heteroatoms. The van der Waals surface area contributed by atoms with Crippen LogP contribution in [-0.4, -0.2) is 20.1 Å². The van der Waals surface area contributed by atoms with Crippen LogP contribution in [0.25, 0.3) is 0 Å². The highest BCUT2D eigenvalue weighted by Gasteiger charge is 2.29. The van der Waals surface area contributed by atoms with Crippen LogP contribution in [-0.2, 0) is 16.6 Å². The van der Waals surface area contributed by atoms with Gasteiger partial charge in [-0.3, -0.25) is 0 Å². The van der Waals surface area contributed by atoms with Crippen molar-refractivity contribution in [3.8, 4) is 0 Å². The van der Waals surface area contributed by atoms with E-state index in [2.05, 4.69) is 4.72 Å². The van der Waals surface area contributed by atoms with E-state index in [0.717, 1.165) is 0 Å². The molecule has 1 atom stereocenters. The van der Waals surface area contributed by atoms with Crippen molar-refractivity contribution in [1.82, 2.24) is 4.72 Å². The van der Waals surface area contributed by atoms with Crippen molar-refractivity contribution in [1.29, 1.82) is 0 Å². The van der Waals surface area contributed by atoms with E-state index in [0.29, 0.717) is 23.9 Å². The summed E-state index contributed by atoms with van der Waals surface area (Å²) >= 11 is 11.8. The van der Waals surface area contributed by atoms with E-state index in [4.69, 9.17) is 28.3 Å². The predicted octanol–water partition coefficient (Wildman–Crippen LogP) is 2.81. The second-order valence-electron chi connectivity index (χ2n) is 5.20. The molecule has 0 spiro atoms. The Morgan fingerprint density at radius 3 is 2.55 bits per heavy atom. The molecular weight excluding hydrogens is 321 g/mol. The monoisotopic (exact) mass is 337 g/mol. The molecule has 1 aromatic carbocycles. The molecule has 1 fully saturated rings. The zero-order valence-electron chi connectivity index (χ0n) is 11.1. The Hall–Kier alpha value is -0.330. The lowest BCUT2D eigenvalue weighted by molar-refractivity contribution is 0.281. The Kier molecular flexibility index (Phi) is 4.97. The van der Waals surface area contributed by atoms with Crippen molar-refractivity contribution in [3.05, 3.63) is 27.7 Å². The predicted molar refractivity (Wildman–Crippen MR) is 79.5 cm³/mol. The molecule has 0 saturated heterocycles. The third kappa shape index (κ3) is 3.65. The van der Waals surface area contributed by atoms with E-state index in [-0.39, 0.29) is 21.5 Å². The third-order valence-electron chi connectivity index (χ3n) is 3.58. The number of hydrogen-bond acceptors (Lipinski definition) is 3. The molecule has 1 aromatic rings. The van der Waals surface area contributed by atoms with Crippen molar-refractivity contribution in [2.75, 3.05) is 6.54 Å². The molecular formula is C13H17Cl2NO3S. The number of sulfonamides is 1. The smallest absolute Gasteiger partial charge is 0.242 e. The van der Waals surface area contributed by atoms with Gasteiger partial charge in [0.15, 0.2) is 0 Å². The minimum Gasteiger partial charge on any atom is -0.392 e. The number of rotatable bonds is 6. The fraction of sp³-hybridized carbons (Fsp3) is 0.538. The molecule has 0 radical (unpaired) electrons. The molecule has 1 aliphatic rings. The topological polar surface area (TPSA) is 66.4 Å². The third-order valence-corrected chi connectivity index (χ3v) is 5.82. The van der Waals surface area contributed by atoms with Gasteiger partial charge < -0.3 is 5.11 Å². The molecule has 1 saturated carbocycles. The van der Waals surface area contributed by atoms with Crippen molar-refractivity contribution in [2.45, 2.75) is 31.3 Å². The van der Waals surface area contributed by atoms with Gasteiger partial charge in [0, 0.05) is 11.6 Å². The minimum absolute atomic E-state index is 0.0457. The van der Waals surface area contributed by atoms with Crippen LogP contribution in [0.4, 0.5) is 0 Å². The summed E-state index contributed by atoms with van der Waals surface area (Å²) in [5.74, 6) is 0.930. The van der Waals surface area contributed by atoms with E-state index in [1.165, 1.54) is 25.0 Å². The summed E-state index contributed by atoms with van der Waals surface area (Å²) in [6, 6.07) is 2.66. The molecule has 2 rings (SSSR count). The molecule has 112 valence electrons. The highest BCUT2D eigenvalue weighted by molar-refractivity contribution is 7.89. The Morgan fingerprint density at radius 1 is 1.35 bits per heavy atom. The summed E-state index contributed by atoms with van der Waals surface area (Å²) < 4.78 is 27.1. The Balaban J connectivity index is 2.19. The maximum absolute atomic E-state index is 12.3. The lowest BCUT2D eigenvalue weighted by atomic mass is 10.1. The van der Waals surface area contributed by atoms with Gasteiger partial charge in [-0.2, -0.15) is 0 Å². The zero-order valence-corrected chi connectivity index (χ0v) is 13.4. The van der Waals surface area contributed by atoms with Gasteiger partial charge in [0.05, 0.1) is 11.6 Å². The summed E-state index contributed by atoms with van der Waals surface area (Å²) in [5.41, 5.74) is 0.340. The highest BCUT2D eigenvalue weighted by atomic mass is 35.5. The lowest BCUT2D eigenvalue weighted by Crippen LogP contribution is -2.29. The van der Waals surface area contributed by atoms with Gasteiger partial charge in [-0.1, -0.05) is 30.1 Å². The molecule has 2 N–H and O–H groups in total. The van der Waals surface area contributed by atoms with E-state index in [1.807, 2.05) is 6.92 Å². The SMILES string of the molecule is CC(CNS(=O)(=O)c1cc(CO)c(Cl)cc1Cl)C1CC1. The van der Waals surface area contributed by atoms with Crippen LogP contribution in [0.5, 0.6) is 0 Å². The van der Waals surface area contributed by atoms with Crippen LogP contribution < -0.4 is 4.72 Å². The number of aliphatic hydroxyl groups is 1. The van der Waals surface area contributed by atoms with Crippen LogP contribution in [0, 0.1) is 11.8 Å². The lowest BCUT2D eigenvalue weighted by Gasteiger charge is -2.14. The van der Waals surface area contributed by atoms with Crippen molar-refractivity contribution >= 4 is 33.2 Å². The zero-order chi connectivity index (χ0) is 14.9. The second kappa shape index (κ2) is 6.20. The van der Waals surface area contributed by atoms with E-state index >= 15 is 0 Å². The Bertz CT molecular complexity index is 600. The van der Waals surface area contributed by atoms with Crippen LogP contribution in [0.2, 0.25) is 10.0 Å². The molecule has 1 unspecified atom stereocenters. The van der Waals surface area contributed by atoms with E-state index < -0.39 is 10.0 Å². The number of hydrogen-bond donors (Lipinski definition) is 2. The average molecular weight is 338 g/mol. The number of aliphatic hydroxyl groups excluding tert-OH is 1. The maximum Gasteiger partial charge on any atom is 0.242 e. The Morgan fingerprint density at radius 2 is 2.00 bits per heavy atom. The molecule has 0 bridgehead atoms. The summed E-state index contributed by atoms with van der Waals surface area (Å²) in [5, 5.41) is 9.46. The standard InChI is InChI=1S/C13H17Cl2NO3S/c1-8(9-2-3-9)6-16-20(18,19)13-4-10(7-17)11(14)5-12(13)15/h4-5,8-9,16-17H,2-3,6-7H2,1H3. The fourth-order valence-electron chi connectivity index (χ4n) is 2.05. The van der Waals surface area contributed by atoms with Gasteiger partial charge in [-0.15, -0.1) is 0 Å². The first kappa shape index (κ1) is 16.0. The Labute approximate surface area is 129 Å². The summed E-state index contributed by atoms with van der Waals surface area (Å²) in [4.78, 5) is -0.0457. The molecule has 4 nitrogen and oxygen atoms in total. The first-order valence-electron chi connectivity index (χ1n) is 6.43. The van der Waals surface area contributed by atoms with E-state index in [1.54, 1.807) is 0 Å². The molecule has 20 heavy (non-hydrogen) atoms. The van der Waals surface area contributed by atoms with E-state index in [9.17, 15) is 8.42 Å². The summed E-state index contributed by atoms with van der Waals surface area (Å²) in [7, 11) is -3.69. The van der Waals surface area contributed by atoms with Gasteiger partial charge in [-0.25, -0.2) is 13.1 Å². The number of halogens is 2. The molecule has 1 aliphatic carbocycles. The summed E-state index contributed by atoms with van der Waals surface area (Å²) in [6.45, 7) is 2.08. The first-order valence-corrected chi connectivity index (χ1v) is 8.67. The maximum atomic E-state index is 12.3. The summed E-state index contributed by atoms with van der Waals surface area (Å²) in [6.07, 6.45) is 2.33. The fourth-order valence-corrected chi connectivity index (χ4v) is 4.05. The van der Waals surface area contributed by atoms with Crippen molar-refractivity contribution < 1.29 is 13.5 Å². The highest BCUT2D eigenvalue weighted by Crippen LogP contribution is 2.36. The largest absolute Gasteiger partial charge is 0.392 e. The average Bonchev–Trinajstić information content (AvgIpc) is 3.20. The number of benzene rings is 1. The molecule has 0 amide bonds. The van der Waals surface area contributed by atoms with Gasteiger partial charge in [-0.05, 0) is 42.4 Å². The van der Waals surface area contributed by atoms with Crippen molar-refractivity contribution in [2.24, 2.45) is 11.8 Å². The normalized spacial score (nSPS) is 17.2. The van der Waals surface area contributed by atoms with Crippen LogP contribution in [0.1, 0.15) is 25.3 Å². The van der Waals surface area contributed by atoms with Gasteiger partial charge >= 0.3 is 0 Å².